The molecule has 0 unspecified atom stereocenters. The van der Waals surface area contributed by atoms with Gasteiger partial charge in [0.1, 0.15) is 11.8 Å². The van der Waals surface area contributed by atoms with Crippen LogP contribution in [0.5, 0.6) is 0 Å². The molecular weight excluding hydrogens is 1110 g/mol. The van der Waals surface area contributed by atoms with E-state index in [0.717, 1.165) is 17.8 Å². The first kappa shape index (κ1) is 59.5. The summed E-state index contributed by atoms with van der Waals surface area (Å²) >= 11 is 0. The van der Waals surface area contributed by atoms with E-state index >= 15 is 0 Å². The third-order valence-electron chi connectivity index (χ3n) is 11.7. The van der Waals surface area contributed by atoms with E-state index in [1.807, 2.05) is 54.9 Å². The van der Waals surface area contributed by atoms with Gasteiger partial charge < -0.3 is 0 Å². The zero-order valence-electron chi connectivity index (χ0n) is 38.1. The zero-order valence-corrected chi connectivity index (χ0v) is 38.1. The molecule has 0 radical (unpaired) electrons. The maximum absolute atomic E-state index is 14.2. The molecule has 78 heavy (non-hydrogen) atoms. The fourth-order valence-corrected chi connectivity index (χ4v) is 8.26. The minimum atomic E-state index is -6.13. The Kier molecular flexibility index (Phi) is 16.0. The van der Waals surface area contributed by atoms with Gasteiger partial charge in [0, 0.05) is 11.1 Å². The summed E-state index contributed by atoms with van der Waals surface area (Å²) in [5, 5.41) is 8.84. The number of benzene rings is 6. The lowest BCUT2D eigenvalue weighted by atomic mass is 9.12. The first-order chi connectivity index (χ1) is 35.6. The molecule has 0 aliphatic heterocycles. The minimum absolute atomic E-state index is 0.659. The summed E-state index contributed by atoms with van der Waals surface area (Å²) in [5.41, 5.74) is -26.4. The summed E-state index contributed by atoms with van der Waals surface area (Å²) < 4.78 is 343. The lowest BCUT2D eigenvalue weighted by Gasteiger charge is -2.46. The molecule has 0 bridgehead atoms. The SMILES string of the molecule is FC(F)(F)c1cc([B-](c2cc(C(F)(F)F)cc(C(F)(F)F)c2)(c2cc(C(F)(F)F)cc(C(F)(F)F)c2)c2cc(C(F)(F)F)cc(C(F)(F)F)c2)cc(C(F)(F)F)c1.N#Cc1ccc(-c2c[n+](Cc3ccccc3)ccn2)cc1. The summed E-state index contributed by atoms with van der Waals surface area (Å²) in [5.74, 6) is 0. The number of nitriles is 1. The van der Waals surface area contributed by atoms with Crippen molar-refractivity contribution in [2.24, 2.45) is 0 Å². The van der Waals surface area contributed by atoms with Gasteiger partial charge in [-0.2, -0.15) is 137 Å². The molecule has 412 valence electrons. The van der Waals surface area contributed by atoms with Gasteiger partial charge in [-0.1, -0.05) is 91.0 Å². The standard InChI is InChI=1S/C32H12BF24.C18H14N3/c34-25(35,36)13-1-14(26(37,38)39)6-21(5-13)33(22-7-15(27(40,41)42)2-16(8-22)28(43,44)45,23-9-17(29(46,47)48)3-18(10-23)30(49,50)51)24-11-19(31(52,53)54)4-20(12-24)32(55,56)57;19-12-15-6-8-17(9-7-15)18-14-21(11-10-20-18)13-16-4-2-1-3-5-16/h1-12H;1-11,14H,13H2/q-1;+1. The average molecular weight is 1140 g/mol. The van der Waals surface area contributed by atoms with Crippen molar-refractivity contribution in [1.82, 2.24) is 4.98 Å². The maximum Gasteiger partial charge on any atom is 0.416 e. The maximum atomic E-state index is 14.2. The Morgan fingerprint density at radius 2 is 0.667 bits per heavy atom. The largest absolute Gasteiger partial charge is 0.416 e. The molecule has 0 fully saturated rings. The Morgan fingerprint density at radius 1 is 0.385 bits per heavy atom. The summed E-state index contributed by atoms with van der Waals surface area (Å²) in [6, 6.07) is 11.1. The molecule has 0 atom stereocenters. The number of alkyl halides is 24. The van der Waals surface area contributed by atoms with Crippen molar-refractivity contribution < 1.29 is 110 Å². The molecular formula is C50H26BF24N3. The smallest absolute Gasteiger partial charge is 0.244 e. The molecule has 0 N–H and O–H groups in total. The summed E-state index contributed by atoms with van der Waals surface area (Å²) in [7, 11) is 0. The highest BCUT2D eigenvalue weighted by molar-refractivity contribution is 7.20. The second-order valence-corrected chi connectivity index (χ2v) is 17.0. The van der Waals surface area contributed by atoms with Crippen molar-refractivity contribution in [1.29, 1.82) is 5.26 Å². The minimum Gasteiger partial charge on any atom is -0.244 e. The highest BCUT2D eigenvalue weighted by Crippen LogP contribution is 2.41. The van der Waals surface area contributed by atoms with Gasteiger partial charge in [-0.05, 0) is 36.4 Å². The third-order valence-corrected chi connectivity index (χ3v) is 11.7. The van der Waals surface area contributed by atoms with E-state index in [0.29, 0.717) is 5.56 Å². The first-order valence-electron chi connectivity index (χ1n) is 21.4. The van der Waals surface area contributed by atoms with E-state index in [4.69, 9.17) is 5.26 Å². The second-order valence-electron chi connectivity index (χ2n) is 17.0. The van der Waals surface area contributed by atoms with Crippen LogP contribution in [0.3, 0.4) is 0 Å². The number of rotatable bonds is 7. The van der Waals surface area contributed by atoms with Crippen LogP contribution >= 0.6 is 0 Å². The molecule has 7 aromatic rings. The van der Waals surface area contributed by atoms with Crippen LogP contribution in [0.4, 0.5) is 105 Å². The Balaban J connectivity index is 0.000000387. The number of hydrogen-bond donors (Lipinski definition) is 0. The van der Waals surface area contributed by atoms with Crippen LogP contribution in [0.15, 0.2) is 146 Å². The predicted octanol–water partition coefficient (Wildman–Crippen LogP) is 14.2. The topological polar surface area (TPSA) is 40.6 Å². The van der Waals surface area contributed by atoms with Gasteiger partial charge in [0.15, 0.2) is 18.9 Å². The van der Waals surface area contributed by atoms with Gasteiger partial charge >= 0.3 is 49.4 Å². The Labute approximate surface area is 422 Å². The van der Waals surface area contributed by atoms with Crippen LogP contribution in [-0.2, 0) is 56.0 Å². The molecule has 1 aromatic heterocycles. The van der Waals surface area contributed by atoms with Gasteiger partial charge in [-0.3, -0.25) is 0 Å². The molecule has 0 aliphatic rings. The molecule has 1 heterocycles. The summed E-state index contributed by atoms with van der Waals surface area (Å²) in [6.07, 6.45) is -49.0. The van der Waals surface area contributed by atoms with Crippen LogP contribution in [0.25, 0.3) is 11.3 Å². The third kappa shape index (κ3) is 13.7. The van der Waals surface area contributed by atoms with Crippen molar-refractivity contribution >= 4 is 28.0 Å². The van der Waals surface area contributed by atoms with Crippen LogP contribution in [0.2, 0.25) is 0 Å². The van der Waals surface area contributed by atoms with Crippen LogP contribution in [-0.4, -0.2) is 11.1 Å². The highest BCUT2D eigenvalue weighted by atomic mass is 19.4. The van der Waals surface area contributed by atoms with Crippen molar-refractivity contribution in [3.63, 3.8) is 0 Å². The molecule has 0 saturated heterocycles. The molecule has 0 amide bonds. The summed E-state index contributed by atoms with van der Waals surface area (Å²) in [4.78, 5) is 4.40. The first-order valence-corrected chi connectivity index (χ1v) is 21.4. The highest BCUT2D eigenvalue weighted by Gasteiger charge is 2.47. The van der Waals surface area contributed by atoms with Crippen molar-refractivity contribution in [2.75, 3.05) is 0 Å². The number of halogens is 24. The van der Waals surface area contributed by atoms with Crippen LogP contribution in [0.1, 0.15) is 55.6 Å². The van der Waals surface area contributed by atoms with Gasteiger partial charge in [-0.25, -0.2) is 4.98 Å². The summed E-state index contributed by atoms with van der Waals surface area (Å²) in [6.45, 7) is 0.812. The van der Waals surface area contributed by atoms with Crippen LogP contribution in [0, 0.1) is 11.3 Å². The van der Waals surface area contributed by atoms with Gasteiger partial charge in [0.2, 0.25) is 0 Å². The lowest BCUT2D eigenvalue weighted by Crippen LogP contribution is -2.75. The van der Waals surface area contributed by atoms with Crippen molar-refractivity contribution in [2.45, 2.75) is 56.0 Å². The zero-order chi connectivity index (χ0) is 58.4. The normalized spacial score (nSPS) is 13.2. The average Bonchev–Trinajstić information content (AvgIpc) is 3.51. The quantitative estimate of drug-likeness (QED) is 0.0907. The predicted molar refractivity (Wildman–Crippen MR) is 230 cm³/mol. The molecule has 6 aromatic carbocycles. The van der Waals surface area contributed by atoms with E-state index in [2.05, 4.69) is 27.8 Å². The fraction of sp³-hybridized carbons (Fsp3) is 0.180. The Morgan fingerprint density at radius 3 is 0.923 bits per heavy atom. The number of nitrogens with zero attached hydrogens (tertiary/aromatic N) is 3. The van der Waals surface area contributed by atoms with Gasteiger partial charge in [0.05, 0.1) is 62.3 Å². The monoisotopic (exact) mass is 1140 g/mol. The molecule has 28 heteroatoms. The van der Waals surface area contributed by atoms with E-state index in [-0.39, 0.29) is 0 Å². The van der Waals surface area contributed by atoms with Gasteiger partial charge in [-0.15, -0.1) is 0 Å². The fourth-order valence-electron chi connectivity index (χ4n) is 8.26. The Hall–Kier alpha value is -7.73. The van der Waals surface area contributed by atoms with Crippen molar-refractivity contribution in [3.8, 4) is 17.3 Å². The van der Waals surface area contributed by atoms with E-state index in [1.54, 1.807) is 6.20 Å². The van der Waals surface area contributed by atoms with E-state index in [1.165, 1.54) is 5.56 Å². The van der Waals surface area contributed by atoms with Crippen molar-refractivity contribution in [3.05, 3.63) is 202 Å². The molecule has 0 saturated carbocycles. The molecule has 0 spiro atoms. The second kappa shape index (κ2) is 20.9. The van der Waals surface area contributed by atoms with Crippen LogP contribution < -0.4 is 26.4 Å². The Bertz CT molecular complexity index is 2880. The number of aromatic nitrogens is 2. The molecule has 7 rings (SSSR count). The lowest BCUT2D eigenvalue weighted by molar-refractivity contribution is -0.688. The molecule has 3 nitrogen and oxygen atoms in total. The molecule has 0 aliphatic carbocycles. The van der Waals surface area contributed by atoms with E-state index in [9.17, 15) is 105 Å². The number of hydrogen-bond acceptors (Lipinski definition) is 2. The van der Waals surface area contributed by atoms with Gasteiger partial charge in [0.25, 0.3) is 0 Å². The van der Waals surface area contributed by atoms with E-state index < -0.39 is 195 Å².